The van der Waals surface area contributed by atoms with Gasteiger partial charge in [0.1, 0.15) is 5.78 Å². The third kappa shape index (κ3) is 7.03. The maximum Gasteiger partial charge on any atom is 0.303 e. The summed E-state index contributed by atoms with van der Waals surface area (Å²) in [5.74, 6) is -1.20. The number of Topliss-reactive ketones (excluding diaryl/α,β-unsaturated/α-hetero) is 1. The number of allylic oxidation sites excluding steroid dienone is 2. The Morgan fingerprint density at radius 1 is 1.27 bits per heavy atom. The van der Waals surface area contributed by atoms with Crippen LogP contribution in [0.3, 0.4) is 0 Å². The fourth-order valence-corrected chi connectivity index (χ4v) is 4.82. The highest BCUT2D eigenvalue weighted by molar-refractivity contribution is 5.84. The van der Waals surface area contributed by atoms with Crippen LogP contribution in [0, 0.1) is 17.3 Å². The third-order valence-corrected chi connectivity index (χ3v) is 6.85. The van der Waals surface area contributed by atoms with Crippen LogP contribution in [0.5, 0.6) is 0 Å². The van der Waals surface area contributed by atoms with E-state index in [9.17, 15) is 19.8 Å². The van der Waals surface area contributed by atoms with Gasteiger partial charge < -0.3 is 20.1 Å². The van der Waals surface area contributed by atoms with Crippen molar-refractivity contribution < 1.29 is 29.6 Å². The molecule has 3 N–H and O–H groups in total. The summed E-state index contributed by atoms with van der Waals surface area (Å²) in [6, 6.07) is 0. The third-order valence-electron chi connectivity index (χ3n) is 6.85. The average molecular weight is 423 g/mol. The molecule has 6 nitrogen and oxygen atoms in total. The Labute approximate surface area is 180 Å². The predicted molar refractivity (Wildman–Crippen MR) is 115 cm³/mol. The minimum atomic E-state index is -0.799. The van der Waals surface area contributed by atoms with E-state index >= 15 is 0 Å². The molecule has 2 saturated carbocycles. The zero-order chi connectivity index (χ0) is 22.0. The monoisotopic (exact) mass is 422 g/mol. The number of carbonyl (C=O) groups is 2. The van der Waals surface area contributed by atoms with Gasteiger partial charge in [-0.15, -0.1) is 0 Å². The molecule has 30 heavy (non-hydrogen) atoms. The van der Waals surface area contributed by atoms with E-state index in [2.05, 4.69) is 0 Å². The van der Waals surface area contributed by atoms with E-state index in [1.165, 1.54) is 0 Å². The minimum Gasteiger partial charge on any atom is -0.481 e. The van der Waals surface area contributed by atoms with Crippen LogP contribution < -0.4 is 0 Å². The number of carboxylic acids is 1. The second-order valence-electron chi connectivity index (χ2n) is 8.91. The molecule has 2 unspecified atom stereocenters. The smallest absolute Gasteiger partial charge is 0.303 e. The first-order valence-electron chi connectivity index (χ1n) is 11.3. The van der Waals surface area contributed by atoms with Crippen LogP contribution in [-0.4, -0.2) is 53.0 Å². The van der Waals surface area contributed by atoms with Crippen molar-refractivity contribution in [2.45, 2.75) is 82.8 Å². The second kappa shape index (κ2) is 12.4. The lowest BCUT2D eigenvalue weighted by atomic mass is 9.62. The summed E-state index contributed by atoms with van der Waals surface area (Å²) in [5, 5.41) is 29.7. The van der Waals surface area contributed by atoms with E-state index in [0.717, 1.165) is 32.1 Å². The molecule has 6 heteroatoms. The number of hydrogen-bond acceptors (Lipinski definition) is 5. The van der Waals surface area contributed by atoms with Crippen molar-refractivity contribution in [2.24, 2.45) is 17.3 Å². The molecule has 2 aliphatic rings. The first-order chi connectivity index (χ1) is 14.4. The lowest BCUT2D eigenvalue weighted by Gasteiger charge is -2.45. The Hall–Kier alpha value is -1.50. The number of hydrogen-bond donors (Lipinski definition) is 3. The number of carbonyl (C=O) groups excluding carboxylic acids is 1. The fourth-order valence-electron chi connectivity index (χ4n) is 4.82. The Balaban J connectivity index is 1.84. The first-order valence-corrected chi connectivity index (χ1v) is 11.3. The van der Waals surface area contributed by atoms with Crippen LogP contribution >= 0.6 is 0 Å². The van der Waals surface area contributed by atoms with Gasteiger partial charge in [0.2, 0.25) is 0 Å². The standard InChI is InChI=1S/C24H38O6/c1-30-16-8-15-24(13-7-14-24)22(27)11-6-10-19-18(20(25)17-21(19)26)9-4-2-3-5-12-23(28)29/h2,4,6,10,18-19,21-22,26-27H,3,5,7-9,11-17H2,1H3,(H,28,29)/t18-,19-,21?,22?/m1/s1. The number of ketones is 1. The number of aliphatic hydroxyl groups excluding tert-OH is 2. The SMILES string of the molecule is COCCCC1(C(O)CC=C[C@H]2C(O)CC(=O)[C@@H]2CC=CCCCC(=O)O)CCC1. The number of aliphatic carboxylic acids is 1. The van der Waals surface area contributed by atoms with Gasteiger partial charge in [-0.3, -0.25) is 9.59 Å². The van der Waals surface area contributed by atoms with Crippen LogP contribution in [-0.2, 0) is 14.3 Å². The summed E-state index contributed by atoms with van der Waals surface area (Å²) < 4.78 is 5.15. The molecule has 0 aliphatic heterocycles. The predicted octanol–water partition coefficient (Wildman–Crippen LogP) is 3.66. The van der Waals surface area contributed by atoms with Crippen molar-refractivity contribution >= 4 is 11.8 Å². The summed E-state index contributed by atoms with van der Waals surface area (Å²) in [6.45, 7) is 0.714. The van der Waals surface area contributed by atoms with Crippen molar-refractivity contribution in [1.29, 1.82) is 0 Å². The molecule has 0 aromatic carbocycles. The summed E-state index contributed by atoms with van der Waals surface area (Å²) in [4.78, 5) is 22.8. The van der Waals surface area contributed by atoms with E-state index < -0.39 is 18.2 Å². The molecule has 0 aromatic rings. The number of unbranched alkanes of at least 4 members (excludes halogenated alkanes) is 1. The van der Waals surface area contributed by atoms with Gasteiger partial charge in [0.25, 0.3) is 0 Å². The van der Waals surface area contributed by atoms with Gasteiger partial charge in [0.15, 0.2) is 0 Å². The molecule has 170 valence electrons. The van der Waals surface area contributed by atoms with Crippen molar-refractivity contribution in [2.75, 3.05) is 13.7 Å². The lowest BCUT2D eigenvalue weighted by Crippen LogP contribution is -2.41. The molecule has 0 spiro atoms. The Bertz CT molecular complexity index is 607. The highest BCUT2D eigenvalue weighted by Crippen LogP contribution is 2.48. The van der Waals surface area contributed by atoms with Crippen molar-refractivity contribution in [3.05, 3.63) is 24.3 Å². The van der Waals surface area contributed by atoms with E-state index in [-0.39, 0.29) is 35.9 Å². The Morgan fingerprint density at radius 3 is 2.67 bits per heavy atom. The normalized spacial score (nSPS) is 27.0. The molecular weight excluding hydrogens is 384 g/mol. The Morgan fingerprint density at radius 2 is 2.03 bits per heavy atom. The molecule has 0 aromatic heterocycles. The van der Waals surface area contributed by atoms with Gasteiger partial charge in [0.05, 0.1) is 12.2 Å². The van der Waals surface area contributed by atoms with Gasteiger partial charge in [-0.25, -0.2) is 0 Å². The van der Waals surface area contributed by atoms with E-state index in [4.69, 9.17) is 9.84 Å². The fraction of sp³-hybridized carbons (Fsp3) is 0.750. The molecule has 2 aliphatic carbocycles. The van der Waals surface area contributed by atoms with Gasteiger partial charge >= 0.3 is 5.97 Å². The van der Waals surface area contributed by atoms with Crippen molar-refractivity contribution in [3.8, 4) is 0 Å². The van der Waals surface area contributed by atoms with Gasteiger partial charge in [-0.1, -0.05) is 30.7 Å². The first kappa shape index (κ1) is 24.8. The van der Waals surface area contributed by atoms with E-state index in [1.807, 2.05) is 24.3 Å². The minimum absolute atomic E-state index is 0.00886. The number of methoxy groups -OCH3 is 1. The van der Waals surface area contributed by atoms with Crippen LogP contribution in [0.15, 0.2) is 24.3 Å². The van der Waals surface area contributed by atoms with Crippen LogP contribution in [0.4, 0.5) is 0 Å². The molecular formula is C24H38O6. The molecule has 0 radical (unpaired) electrons. The Kier molecular flexibility index (Phi) is 10.2. The molecule has 0 bridgehead atoms. The summed E-state index contributed by atoms with van der Waals surface area (Å²) in [5.41, 5.74) is -0.00886. The number of rotatable bonds is 14. The summed E-state index contributed by atoms with van der Waals surface area (Å²) >= 11 is 0. The lowest BCUT2D eigenvalue weighted by molar-refractivity contribution is -0.137. The highest BCUT2D eigenvalue weighted by atomic mass is 16.5. The maximum atomic E-state index is 12.3. The number of ether oxygens (including phenoxy) is 1. The van der Waals surface area contributed by atoms with E-state index in [1.54, 1.807) is 7.11 Å². The molecule has 2 rings (SSSR count). The van der Waals surface area contributed by atoms with Gasteiger partial charge in [0, 0.05) is 38.4 Å². The zero-order valence-electron chi connectivity index (χ0n) is 18.2. The van der Waals surface area contributed by atoms with E-state index in [0.29, 0.717) is 32.3 Å². The quantitative estimate of drug-likeness (QED) is 0.292. The molecule has 0 heterocycles. The average Bonchev–Trinajstić information content (AvgIpc) is 2.93. The van der Waals surface area contributed by atoms with Crippen LogP contribution in [0.1, 0.15) is 70.6 Å². The van der Waals surface area contributed by atoms with Crippen LogP contribution in [0.2, 0.25) is 0 Å². The summed E-state index contributed by atoms with van der Waals surface area (Å²) in [6.07, 6.45) is 14.5. The topological polar surface area (TPSA) is 104 Å². The van der Waals surface area contributed by atoms with Gasteiger partial charge in [-0.05, 0) is 56.8 Å². The van der Waals surface area contributed by atoms with Crippen molar-refractivity contribution in [1.82, 2.24) is 0 Å². The largest absolute Gasteiger partial charge is 0.481 e. The molecule has 0 saturated heterocycles. The van der Waals surface area contributed by atoms with Crippen LogP contribution in [0.25, 0.3) is 0 Å². The highest BCUT2D eigenvalue weighted by Gasteiger charge is 2.42. The van der Waals surface area contributed by atoms with Gasteiger partial charge in [-0.2, -0.15) is 0 Å². The molecule has 2 fully saturated rings. The maximum absolute atomic E-state index is 12.3. The zero-order valence-corrected chi connectivity index (χ0v) is 18.2. The number of carboxylic acid groups (broad SMARTS) is 1. The second-order valence-corrected chi connectivity index (χ2v) is 8.91. The molecule has 4 atom stereocenters. The summed E-state index contributed by atoms with van der Waals surface area (Å²) in [7, 11) is 1.70. The van der Waals surface area contributed by atoms with Crippen molar-refractivity contribution in [3.63, 3.8) is 0 Å². The molecule has 0 amide bonds. The number of aliphatic hydroxyl groups is 2.